The monoisotopic (exact) mass is 320 g/mol. The summed E-state index contributed by atoms with van der Waals surface area (Å²) in [6.45, 7) is 2.55. The van der Waals surface area contributed by atoms with Crippen LogP contribution in [0.3, 0.4) is 0 Å². The van der Waals surface area contributed by atoms with Gasteiger partial charge in [-0.05, 0) is 25.5 Å². The maximum Gasteiger partial charge on any atom is 0.269 e. The Balaban J connectivity index is 1.68. The number of carbonyl (C=O) groups is 1. The smallest absolute Gasteiger partial charge is 0.269 e. The molecule has 0 radical (unpaired) electrons. The Kier molecular flexibility index (Phi) is 5.42. The number of nitrogens with zero attached hydrogens (tertiary/aromatic N) is 2. The lowest BCUT2D eigenvalue weighted by molar-refractivity contribution is -0.384. The fraction of sp³-hybridized carbons (Fsp3) is 0.286. The van der Waals surface area contributed by atoms with Crippen LogP contribution in [-0.2, 0) is 4.79 Å². The summed E-state index contributed by atoms with van der Waals surface area (Å²) in [5, 5.41) is 17.0. The molecule has 1 aromatic heterocycles. The quantitative estimate of drug-likeness (QED) is 0.464. The largest absolute Gasteiger partial charge is 0.385 e. The number of rotatable bonds is 7. The summed E-state index contributed by atoms with van der Waals surface area (Å²) in [5.74, 6) is -0.0696. The highest BCUT2D eigenvalue weighted by Crippen LogP contribution is 2.17. The van der Waals surface area contributed by atoms with Crippen molar-refractivity contribution in [2.75, 3.05) is 17.2 Å². The number of aryl methyl sites for hydroxylation is 1. The van der Waals surface area contributed by atoms with Crippen molar-refractivity contribution in [1.82, 2.24) is 4.98 Å². The van der Waals surface area contributed by atoms with Crippen LogP contribution in [0.2, 0.25) is 0 Å². The Morgan fingerprint density at radius 1 is 1.36 bits per heavy atom. The molecule has 1 heterocycles. The van der Waals surface area contributed by atoms with Crippen LogP contribution < -0.4 is 10.6 Å². The number of thiazole rings is 1. The summed E-state index contributed by atoms with van der Waals surface area (Å²) in [5.41, 5.74) is 0.852. The lowest BCUT2D eigenvalue weighted by Crippen LogP contribution is -2.13. The maximum absolute atomic E-state index is 11.7. The first-order chi connectivity index (χ1) is 10.5. The molecule has 0 saturated carbocycles. The van der Waals surface area contributed by atoms with Crippen molar-refractivity contribution in [3.8, 4) is 0 Å². The van der Waals surface area contributed by atoms with Gasteiger partial charge in [0.2, 0.25) is 5.91 Å². The third-order valence-electron chi connectivity index (χ3n) is 2.86. The molecule has 22 heavy (non-hydrogen) atoms. The average molecular weight is 320 g/mol. The van der Waals surface area contributed by atoms with Gasteiger partial charge in [-0.2, -0.15) is 0 Å². The van der Waals surface area contributed by atoms with E-state index < -0.39 is 4.92 Å². The van der Waals surface area contributed by atoms with Crippen LogP contribution in [0.1, 0.15) is 17.7 Å². The Hall–Kier alpha value is -2.48. The van der Waals surface area contributed by atoms with Crippen LogP contribution in [0.25, 0.3) is 0 Å². The molecular weight excluding hydrogens is 304 g/mol. The predicted octanol–water partition coefficient (Wildman–Crippen LogP) is 3.19. The van der Waals surface area contributed by atoms with E-state index in [1.165, 1.54) is 23.5 Å². The van der Waals surface area contributed by atoms with Gasteiger partial charge in [0.1, 0.15) is 0 Å². The minimum atomic E-state index is -0.436. The molecule has 0 unspecified atom stereocenters. The number of hydrogen-bond acceptors (Lipinski definition) is 6. The summed E-state index contributed by atoms with van der Waals surface area (Å²) in [6, 6.07) is 6.19. The highest BCUT2D eigenvalue weighted by molar-refractivity contribution is 7.15. The van der Waals surface area contributed by atoms with Gasteiger partial charge >= 0.3 is 0 Å². The zero-order chi connectivity index (χ0) is 15.9. The van der Waals surface area contributed by atoms with Crippen molar-refractivity contribution < 1.29 is 9.72 Å². The van der Waals surface area contributed by atoms with Gasteiger partial charge in [0.05, 0.1) is 4.92 Å². The molecule has 7 nitrogen and oxygen atoms in total. The van der Waals surface area contributed by atoms with Crippen LogP contribution in [0.5, 0.6) is 0 Å². The molecule has 116 valence electrons. The highest BCUT2D eigenvalue weighted by Gasteiger charge is 2.06. The number of hydrogen-bond donors (Lipinski definition) is 2. The molecule has 0 aliphatic heterocycles. The Bertz CT molecular complexity index is 654. The van der Waals surface area contributed by atoms with Gasteiger partial charge in [0, 0.05) is 41.9 Å². The van der Waals surface area contributed by atoms with Gasteiger partial charge in [-0.15, -0.1) is 11.3 Å². The van der Waals surface area contributed by atoms with Crippen molar-refractivity contribution in [3.05, 3.63) is 45.5 Å². The number of anilines is 2. The third-order valence-corrected chi connectivity index (χ3v) is 3.68. The van der Waals surface area contributed by atoms with E-state index in [4.69, 9.17) is 0 Å². The zero-order valence-corrected chi connectivity index (χ0v) is 12.9. The van der Waals surface area contributed by atoms with E-state index in [0.29, 0.717) is 24.5 Å². The first kappa shape index (κ1) is 15.9. The number of amides is 1. The minimum absolute atomic E-state index is 0.0590. The van der Waals surface area contributed by atoms with Crippen LogP contribution in [0.4, 0.5) is 16.5 Å². The van der Waals surface area contributed by atoms with E-state index in [9.17, 15) is 14.9 Å². The van der Waals surface area contributed by atoms with Gasteiger partial charge in [0.15, 0.2) is 5.13 Å². The molecule has 2 rings (SSSR count). The van der Waals surface area contributed by atoms with Crippen molar-refractivity contribution in [2.45, 2.75) is 19.8 Å². The number of nitro benzene ring substituents is 1. The third kappa shape index (κ3) is 4.81. The van der Waals surface area contributed by atoms with E-state index in [1.807, 2.05) is 6.92 Å². The lowest BCUT2D eigenvalue weighted by atomic mass is 10.2. The second-order valence-electron chi connectivity index (χ2n) is 4.66. The molecule has 2 aromatic rings. The van der Waals surface area contributed by atoms with Crippen molar-refractivity contribution in [2.24, 2.45) is 0 Å². The Morgan fingerprint density at radius 2 is 2.09 bits per heavy atom. The first-order valence-electron chi connectivity index (χ1n) is 6.75. The topological polar surface area (TPSA) is 97.2 Å². The van der Waals surface area contributed by atoms with E-state index in [1.54, 1.807) is 18.3 Å². The normalized spacial score (nSPS) is 10.2. The van der Waals surface area contributed by atoms with Gasteiger partial charge in [0.25, 0.3) is 5.69 Å². The minimum Gasteiger partial charge on any atom is -0.385 e. The number of aromatic nitrogens is 1. The van der Waals surface area contributed by atoms with Crippen molar-refractivity contribution >= 4 is 33.8 Å². The Morgan fingerprint density at radius 3 is 2.68 bits per heavy atom. The molecule has 0 aliphatic carbocycles. The zero-order valence-electron chi connectivity index (χ0n) is 12.0. The number of non-ortho nitro benzene ring substituents is 1. The van der Waals surface area contributed by atoms with E-state index in [0.717, 1.165) is 10.6 Å². The van der Waals surface area contributed by atoms with E-state index >= 15 is 0 Å². The molecule has 1 aromatic carbocycles. The highest BCUT2D eigenvalue weighted by atomic mass is 32.1. The first-order valence-corrected chi connectivity index (χ1v) is 7.57. The molecule has 2 N–H and O–H groups in total. The molecule has 0 aliphatic rings. The number of nitrogens with one attached hydrogen (secondary N) is 2. The fourth-order valence-electron chi connectivity index (χ4n) is 1.78. The molecule has 0 bridgehead atoms. The number of carbonyl (C=O) groups excluding carboxylic acids is 1. The molecule has 0 spiro atoms. The Labute approximate surface area is 131 Å². The van der Waals surface area contributed by atoms with Crippen LogP contribution in [0, 0.1) is 17.0 Å². The molecule has 0 atom stereocenters. The van der Waals surface area contributed by atoms with Gasteiger partial charge < -0.3 is 10.6 Å². The van der Waals surface area contributed by atoms with Crippen LogP contribution in [0.15, 0.2) is 30.5 Å². The summed E-state index contributed by atoms with van der Waals surface area (Å²) >= 11 is 1.44. The standard InChI is InChI=1S/C14H16N4O3S/c1-10-9-16-14(22-10)17-13(19)3-2-8-15-11-4-6-12(7-5-11)18(20)21/h4-7,9,15H,2-3,8H2,1H3,(H,16,17,19). The molecule has 8 heteroatoms. The van der Waals surface area contributed by atoms with Gasteiger partial charge in [-0.3, -0.25) is 14.9 Å². The summed E-state index contributed by atoms with van der Waals surface area (Å²) in [6.07, 6.45) is 2.77. The second-order valence-corrected chi connectivity index (χ2v) is 5.89. The van der Waals surface area contributed by atoms with Crippen LogP contribution in [-0.4, -0.2) is 22.4 Å². The molecular formula is C14H16N4O3S. The maximum atomic E-state index is 11.7. The predicted molar refractivity (Wildman–Crippen MR) is 86.3 cm³/mol. The molecule has 0 saturated heterocycles. The summed E-state index contributed by atoms with van der Waals surface area (Å²) < 4.78 is 0. The average Bonchev–Trinajstić information content (AvgIpc) is 2.89. The molecule has 1 amide bonds. The second kappa shape index (κ2) is 7.51. The van der Waals surface area contributed by atoms with E-state index in [2.05, 4.69) is 15.6 Å². The summed E-state index contributed by atoms with van der Waals surface area (Å²) in [4.78, 5) is 26.9. The van der Waals surface area contributed by atoms with Crippen molar-refractivity contribution in [1.29, 1.82) is 0 Å². The van der Waals surface area contributed by atoms with Gasteiger partial charge in [-0.1, -0.05) is 0 Å². The van der Waals surface area contributed by atoms with E-state index in [-0.39, 0.29) is 11.6 Å². The van der Waals surface area contributed by atoms with Crippen molar-refractivity contribution in [3.63, 3.8) is 0 Å². The number of benzene rings is 1. The SMILES string of the molecule is Cc1cnc(NC(=O)CCCNc2ccc([N+](=O)[O-])cc2)s1. The number of nitro groups is 1. The fourth-order valence-corrected chi connectivity index (χ4v) is 2.46. The van der Waals surface area contributed by atoms with Crippen LogP contribution >= 0.6 is 11.3 Å². The summed E-state index contributed by atoms with van der Waals surface area (Å²) in [7, 11) is 0. The van der Waals surface area contributed by atoms with Gasteiger partial charge in [-0.25, -0.2) is 4.98 Å². The molecule has 0 fully saturated rings. The lowest BCUT2D eigenvalue weighted by Gasteiger charge is -2.06.